The van der Waals surface area contributed by atoms with Gasteiger partial charge in [-0.05, 0) is 31.4 Å². The van der Waals surface area contributed by atoms with E-state index in [0.717, 1.165) is 11.1 Å². The Morgan fingerprint density at radius 1 is 1.12 bits per heavy atom. The number of amides is 1. The van der Waals surface area contributed by atoms with Gasteiger partial charge in [-0.3, -0.25) is 4.79 Å². The molecule has 3 fully saturated rings. The Kier molecular flexibility index (Phi) is 5.22. The van der Waals surface area contributed by atoms with Crippen LogP contribution in [-0.2, 0) is 28.9 Å². The third kappa shape index (κ3) is 3.01. The summed E-state index contributed by atoms with van der Waals surface area (Å²) >= 11 is 0. The van der Waals surface area contributed by atoms with Crippen LogP contribution in [0.1, 0.15) is 37.5 Å². The Hall–Kier alpha value is -2.97. The second-order valence-electron chi connectivity index (χ2n) is 9.61. The van der Waals surface area contributed by atoms with Gasteiger partial charge in [0.2, 0.25) is 5.91 Å². The lowest BCUT2D eigenvalue weighted by atomic mass is 9.88. The molecule has 34 heavy (non-hydrogen) atoms. The van der Waals surface area contributed by atoms with E-state index in [4.69, 9.17) is 9.47 Å². The van der Waals surface area contributed by atoms with Gasteiger partial charge in [-0.2, -0.15) is 0 Å². The van der Waals surface area contributed by atoms with Gasteiger partial charge in [-0.25, -0.2) is 13.2 Å². The molecule has 5 rings (SSSR count). The first-order valence-corrected chi connectivity index (χ1v) is 12.8. The number of hydrogen-bond donors (Lipinski definition) is 0. The number of carbonyl (C=O) groups excluding carboxylic acids is 2. The summed E-state index contributed by atoms with van der Waals surface area (Å²) in [6, 6.07) is 17.3. The van der Waals surface area contributed by atoms with E-state index in [9.17, 15) is 18.0 Å². The van der Waals surface area contributed by atoms with Crippen LogP contribution >= 0.6 is 0 Å². The van der Waals surface area contributed by atoms with E-state index >= 15 is 0 Å². The highest BCUT2D eigenvalue weighted by molar-refractivity contribution is 7.94. The molecule has 0 aromatic heterocycles. The summed E-state index contributed by atoms with van der Waals surface area (Å²) in [6.45, 7) is 6.83. The first-order chi connectivity index (χ1) is 16.2. The van der Waals surface area contributed by atoms with Gasteiger partial charge in [-0.15, -0.1) is 6.58 Å². The monoisotopic (exact) mass is 481 g/mol. The van der Waals surface area contributed by atoms with Gasteiger partial charge in [-0.1, -0.05) is 66.7 Å². The number of fused-ring (bicyclic) bond motifs is 2. The van der Waals surface area contributed by atoms with Crippen molar-refractivity contribution in [1.29, 1.82) is 0 Å². The lowest BCUT2D eigenvalue weighted by molar-refractivity contribution is -0.172. The number of sulfone groups is 1. The van der Waals surface area contributed by atoms with Crippen LogP contribution in [0.15, 0.2) is 73.3 Å². The topological polar surface area (TPSA) is 90.0 Å². The zero-order valence-electron chi connectivity index (χ0n) is 19.1. The van der Waals surface area contributed by atoms with Crippen LogP contribution < -0.4 is 0 Å². The molecule has 8 heteroatoms. The van der Waals surface area contributed by atoms with Crippen molar-refractivity contribution in [3.63, 3.8) is 0 Å². The van der Waals surface area contributed by atoms with Crippen LogP contribution in [0, 0.1) is 5.41 Å². The van der Waals surface area contributed by atoms with Crippen molar-refractivity contribution in [1.82, 2.24) is 4.90 Å². The molecule has 1 amide bonds. The smallest absolute Gasteiger partial charge is 0.331 e. The number of rotatable bonds is 7. The van der Waals surface area contributed by atoms with Gasteiger partial charge in [0.25, 0.3) is 0 Å². The quantitative estimate of drug-likeness (QED) is 0.343. The molecule has 3 aliphatic rings. The zero-order chi connectivity index (χ0) is 24.3. The Morgan fingerprint density at radius 3 is 2.21 bits per heavy atom. The first-order valence-electron chi connectivity index (χ1n) is 11.3. The molecule has 2 heterocycles. The van der Waals surface area contributed by atoms with Crippen LogP contribution in [0.4, 0.5) is 0 Å². The molecule has 1 saturated carbocycles. The summed E-state index contributed by atoms with van der Waals surface area (Å²) in [5.74, 6) is -1.10. The minimum Gasteiger partial charge on any atom is -0.451 e. The van der Waals surface area contributed by atoms with Gasteiger partial charge < -0.3 is 14.4 Å². The summed E-state index contributed by atoms with van der Waals surface area (Å²) in [5, 5.41) is -1.08. The molecule has 2 aromatic rings. The van der Waals surface area contributed by atoms with Gasteiger partial charge in [0.05, 0.1) is 17.5 Å². The molecule has 7 nitrogen and oxygen atoms in total. The van der Waals surface area contributed by atoms with Crippen molar-refractivity contribution in [3.05, 3.63) is 84.4 Å². The Labute approximate surface area is 199 Å². The highest BCUT2D eigenvalue weighted by atomic mass is 32.2. The van der Waals surface area contributed by atoms with Gasteiger partial charge in [0, 0.05) is 0 Å². The highest BCUT2D eigenvalue weighted by Gasteiger charge is 2.86. The van der Waals surface area contributed by atoms with E-state index in [-0.39, 0.29) is 12.5 Å². The van der Waals surface area contributed by atoms with Crippen LogP contribution in [-0.4, -0.2) is 54.1 Å². The van der Waals surface area contributed by atoms with Crippen molar-refractivity contribution in [2.75, 3.05) is 6.61 Å². The van der Waals surface area contributed by atoms with Crippen molar-refractivity contribution >= 4 is 21.7 Å². The number of benzene rings is 2. The Bertz CT molecular complexity index is 1200. The predicted octanol–water partition coefficient (Wildman–Crippen LogP) is 3.02. The highest BCUT2D eigenvalue weighted by Crippen LogP contribution is 2.67. The second kappa shape index (κ2) is 7.78. The fourth-order valence-corrected chi connectivity index (χ4v) is 7.89. The fourth-order valence-electron chi connectivity index (χ4n) is 5.38. The summed E-state index contributed by atoms with van der Waals surface area (Å²) in [6.07, 6.45) is 0.672. The van der Waals surface area contributed by atoms with Crippen LogP contribution in [0.3, 0.4) is 0 Å². The molecule has 1 aliphatic carbocycles. The maximum absolute atomic E-state index is 13.6. The number of nitrogens with zero attached hydrogens (tertiary/aromatic N) is 1. The van der Waals surface area contributed by atoms with Gasteiger partial charge in [0.15, 0.2) is 21.3 Å². The third-order valence-corrected chi connectivity index (χ3v) is 10.2. The standard InChI is InChI=1S/C26H27NO6S/c1-4-15-32-19-16-26(19)23(29)27-21(25(2,3)34(30,31)24(26)27)22(28)33-20(17-11-7-5-8-12-17)18-13-9-6-10-14-18/h4-14,19-21,24H,1,15-16H2,2-3H3/t19-,21+,24-,26+/m1/s1. The van der Waals surface area contributed by atoms with E-state index in [0.29, 0.717) is 6.42 Å². The van der Waals surface area contributed by atoms with Gasteiger partial charge in [0.1, 0.15) is 11.5 Å². The molecule has 1 spiro atoms. The molecule has 4 atom stereocenters. The second-order valence-corrected chi connectivity index (χ2v) is 12.2. The molecule has 178 valence electrons. The first kappa shape index (κ1) is 22.8. The largest absolute Gasteiger partial charge is 0.451 e. The molecule has 0 bridgehead atoms. The Morgan fingerprint density at radius 2 is 1.68 bits per heavy atom. The Balaban J connectivity index is 1.47. The summed E-state index contributed by atoms with van der Waals surface area (Å²) < 4.78 is 37.2. The molecule has 2 aliphatic heterocycles. The van der Waals surface area contributed by atoms with E-state index in [1.165, 1.54) is 18.7 Å². The zero-order valence-corrected chi connectivity index (χ0v) is 19.9. The van der Waals surface area contributed by atoms with E-state index in [1.807, 2.05) is 60.7 Å². The van der Waals surface area contributed by atoms with Crippen molar-refractivity contribution < 1.29 is 27.5 Å². The molecule has 0 N–H and O–H groups in total. The molecule has 2 aromatic carbocycles. The fraction of sp³-hybridized carbons (Fsp3) is 0.385. The number of β-lactam (4-membered cyclic amide) rings is 1. The SMILES string of the molecule is C=CCO[C@@H]1C[C@@]12C(=O)N1[C@@H](C(=O)OC(c3ccccc3)c3ccccc3)C(C)(C)S(=O)(=O)[C@@H]12. The number of carbonyl (C=O) groups is 2. The molecular formula is C26H27NO6S. The van der Waals surface area contributed by atoms with Gasteiger partial charge >= 0.3 is 5.97 Å². The number of hydrogen-bond acceptors (Lipinski definition) is 6. The van der Waals surface area contributed by atoms with Crippen molar-refractivity contribution in [2.45, 2.75) is 48.6 Å². The van der Waals surface area contributed by atoms with E-state index < -0.39 is 49.6 Å². The van der Waals surface area contributed by atoms with E-state index in [1.54, 1.807) is 6.08 Å². The maximum atomic E-state index is 13.6. The summed E-state index contributed by atoms with van der Waals surface area (Å²) in [4.78, 5) is 28.1. The normalized spacial score (nSPS) is 30.0. The minimum absolute atomic E-state index is 0.233. The van der Waals surface area contributed by atoms with Crippen molar-refractivity contribution in [3.8, 4) is 0 Å². The van der Waals surface area contributed by atoms with E-state index in [2.05, 4.69) is 6.58 Å². The molecule has 2 saturated heterocycles. The summed E-state index contributed by atoms with van der Waals surface area (Å²) in [5.41, 5.74) is 0.402. The predicted molar refractivity (Wildman–Crippen MR) is 125 cm³/mol. The van der Waals surface area contributed by atoms with Crippen molar-refractivity contribution in [2.24, 2.45) is 5.41 Å². The minimum atomic E-state index is -3.86. The summed E-state index contributed by atoms with van der Waals surface area (Å²) in [7, 11) is -3.86. The molecular weight excluding hydrogens is 454 g/mol. The van der Waals surface area contributed by atoms with Crippen LogP contribution in [0.5, 0.6) is 0 Å². The van der Waals surface area contributed by atoms with Crippen LogP contribution in [0.2, 0.25) is 0 Å². The number of ether oxygens (including phenoxy) is 2. The average Bonchev–Trinajstić information content (AvgIpc) is 3.54. The lowest BCUT2D eigenvalue weighted by Crippen LogP contribution is -2.66. The average molecular weight is 482 g/mol. The molecule has 0 radical (unpaired) electrons. The lowest BCUT2D eigenvalue weighted by Gasteiger charge is -2.44. The third-order valence-electron chi connectivity index (χ3n) is 7.30. The maximum Gasteiger partial charge on any atom is 0.331 e. The molecule has 0 unspecified atom stereocenters. The number of esters is 1. The van der Waals surface area contributed by atoms with Crippen LogP contribution in [0.25, 0.3) is 0 Å².